The van der Waals surface area contributed by atoms with Crippen LogP contribution in [0.5, 0.6) is 0 Å². The second kappa shape index (κ2) is 8.99. The maximum absolute atomic E-state index is 13.2. The Kier molecular flexibility index (Phi) is 6.10. The number of sulfone groups is 1. The van der Waals surface area contributed by atoms with Crippen molar-refractivity contribution >= 4 is 32.5 Å². The molecule has 0 amide bonds. The molecule has 2 heterocycles. The molecule has 10 heteroatoms. The number of nitrogens with one attached hydrogen (secondary N) is 1. The molecule has 0 atom stereocenters. The average molecular weight is 469 g/mol. The van der Waals surface area contributed by atoms with E-state index in [2.05, 4.69) is 15.4 Å². The first kappa shape index (κ1) is 22.4. The average Bonchev–Trinajstić information content (AvgIpc) is 3.15. The van der Waals surface area contributed by atoms with Crippen LogP contribution in [0.3, 0.4) is 0 Å². The molecule has 0 aliphatic carbocycles. The molecule has 170 valence electrons. The highest BCUT2D eigenvalue weighted by Gasteiger charge is 2.24. The zero-order valence-electron chi connectivity index (χ0n) is 17.9. The normalized spacial score (nSPS) is 11.5. The van der Waals surface area contributed by atoms with E-state index >= 15 is 0 Å². The van der Waals surface area contributed by atoms with Gasteiger partial charge >= 0.3 is 5.97 Å². The molecule has 4 rings (SSSR count). The van der Waals surface area contributed by atoms with Gasteiger partial charge in [0.2, 0.25) is 0 Å². The van der Waals surface area contributed by atoms with Gasteiger partial charge in [-0.05, 0) is 31.2 Å². The van der Waals surface area contributed by atoms with E-state index in [9.17, 15) is 17.6 Å². The number of carbonyl (C=O) groups excluding carboxylic acids is 1. The van der Waals surface area contributed by atoms with Crippen LogP contribution in [-0.2, 0) is 21.6 Å². The van der Waals surface area contributed by atoms with Crippen molar-refractivity contribution in [2.24, 2.45) is 7.05 Å². The SMILES string of the molecule is CCOC(=O)c1cnc2c(c(-c3ccccc3)nn2C)c1NCS(=O)(=O)c1ccc(F)cc1. The fourth-order valence-corrected chi connectivity index (χ4v) is 4.51. The molecule has 2 aromatic heterocycles. The van der Waals surface area contributed by atoms with E-state index in [-0.39, 0.29) is 22.8 Å². The number of fused-ring (bicyclic) bond motifs is 1. The van der Waals surface area contributed by atoms with Crippen LogP contribution < -0.4 is 5.32 Å². The van der Waals surface area contributed by atoms with Crippen molar-refractivity contribution < 1.29 is 22.3 Å². The summed E-state index contributed by atoms with van der Waals surface area (Å²) in [4.78, 5) is 17.0. The van der Waals surface area contributed by atoms with Crippen LogP contribution in [0.25, 0.3) is 22.3 Å². The van der Waals surface area contributed by atoms with Crippen LogP contribution in [0, 0.1) is 5.82 Å². The second-order valence-electron chi connectivity index (χ2n) is 7.19. The fourth-order valence-electron chi connectivity index (χ4n) is 3.46. The van der Waals surface area contributed by atoms with Crippen molar-refractivity contribution in [3.8, 4) is 11.3 Å². The minimum Gasteiger partial charge on any atom is -0.462 e. The van der Waals surface area contributed by atoms with Gasteiger partial charge in [0.15, 0.2) is 15.5 Å². The summed E-state index contributed by atoms with van der Waals surface area (Å²) < 4.78 is 45.7. The zero-order valence-corrected chi connectivity index (χ0v) is 18.8. The van der Waals surface area contributed by atoms with Crippen LogP contribution in [0.15, 0.2) is 65.7 Å². The van der Waals surface area contributed by atoms with Gasteiger partial charge in [0.05, 0.1) is 22.6 Å². The first-order valence-electron chi connectivity index (χ1n) is 10.1. The number of hydrogen-bond acceptors (Lipinski definition) is 7. The summed E-state index contributed by atoms with van der Waals surface area (Å²) in [6.45, 7) is 1.82. The molecule has 0 unspecified atom stereocenters. The van der Waals surface area contributed by atoms with E-state index in [0.29, 0.717) is 16.7 Å². The van der Waals surface area contributed by atoms with Crippen molar-refractivity contribution in [2.75, 3.05) is 17.8 Å². The van der Waals surface area contributed by atoms with Crippen LogP contribution >= 0.6 is 0 Å². The predicted molar refractivity (Wildman–Crippen MR) is 122 cm³/mol. The van der Waals surface area contributed by atoms with E-state index in [0.717, 1.165) is 17.7 Å². The van der Waals surface area contributed by atoms with Crippen molar-refractivity contribution in [3.05, 3.63) is 72.2 Å². The second-order valence-corrected chi connectivity index (χ2v) is 9.18. The Labute approximate surface area is 189 Å². The lowest BCUT2D eigenvalue weighted by Crippen LogP contribution is -2.18. The summed E-state index contributed by atoms with van der Waals surface area (Å²) in [5.41, 5.74) is 2.10. The minimum atomic E-state index is -3.85. The summed E-state index contributed by atoms with van der Waals surface area (Å²) in [5.74, 6) is -1.71. The van der Waals surface area contributed by atoms with Gasteiger partial charge in [0, 0.05) is 18.8 Å². The highest BCUT2D eigenvalue weighted by molar-refractivity contribution is 7.91. The number of rotatable bonds is 7. The molecule has 0 aliphatic heterocycles. The molecule has 1 N–H and O–H groups in total. The van der Waals surface area contributed by atoms with Crippen molar-refractivity contribution in [3.63, 3.8) is 0 Å². The smallest absolute Gasteiger partial charge is 0.341 e. The third-order valence-corrected chi connectivity index (χ3v) is 6.52. The Morgan fingerprint density at radius 2 is 1.82 bits per heavy atom. The third-order valence-electron chi connectivity index (χ3n) is 5.01. The van der Waals surface area contributed by atoms with Gasteiger partial charge in [-0.1, -0.05) is 30.3 Å². The molecule has 4 aromatic rings. The van der Waals surface area contributed by atoms with Crippen molar-refractivity contribution in [2.45, 2.75) is 11.8 Å². The summed E-state index contributed by atoms with van der Waals surface area (Å²) in [6.07, 6.45) is 1.34. The number of halogens is 1. The number of nitrogens with zero attached hydrogens (tertiary/aromatic N) is 3. The molecule has 2 aromatic carbocycles. The lowest BCUT2D eigenvalue weighted by molar-refractivity contribution is 0.0527. The maximum Gasteiger partial charge on any atom is 0.341 e. The molecule has 0 bridgehead atoms. The van der Waals surface area contributed by atoms with Crippen LogP contribution in [0.1, 0.15) is 17.3 Å². The largest absolute Gasteiger partial charge is 0.462 e. The number of aromatic nitrogens is 3. The Bertz CT molecular complexity index is 1420. The number of pyridine rings is 1. The number of carbonyl (C=O) groups is 1. The van der Waals surface area contributed by atoms with Gasteiger partial charge in [0.1, 0.15) is 23.0 Å². The molecular weight excluding hydrogens is 447 g/mol. The summed E-state index contributed by atoms with van der Waals surface area (Å²) in [7, 11) is -2.13. The van der Waals surface area contributed by atoms with E-state index in [4.69, 9.17) is 4.74 Å². The van der Waals surface area contributed by atoms with Gasteiger partial charge in [-0.3, -0.25) is 0 Å². The number of aryl methyl sites for hydroxylation is 1. The highest BCUT2D eigenvalue weighted by atomic mass is 32.2. The molecule has 0 saturated carbocycles. The number of hydrogen-bond donors (Lipinski definition) is 1. The number of ether oxygens (including phenoxy) is 1. The van der Waals surface area contributed by atoms with E-state index in [1.165, 1.54) is 18.3 Å². The maximum atomic E-state index is 13.2. The minimum absolute atomic E-state index is 0.0474. The summed E-state index contributed by atoms with van der Waals surface area (Å²) >= 11 is 0. The standard InChI is InChI=1S/C23H21FN4O4S/c1-3-32-23(29)18-13-25-22-19(20(27-28(22)2)15-7-5-4-6-8-15)21(18)26-14-33(30,31)17-11-9-16(24)10-12-17/h4-13H,3,14H2,1-2H3,(H,25,26). The lowest BCUT2D eigenvalue weighted by atomic mass is 10.1. The van der Waals surface area contributed by atoms with E-state index < -0.39 is 27.5 Å². The Morgan fingerprint density at radius 3 is 2.48 bits per heavy atom. The van der Waals surface area contributed by atoms with E-state index in [1.807, 2.05) is 30.3 Å². The quantitative estimate of drug-likeness (QED) is 0.325. The molecule has 0 radical (unpaired) electrons. The summed E-state index contributed by atoms with van der Waals surface area (Å²) in [5, 5.41) is 7.94. The van der Waals surface area contributed by atoms with Gasteiger partial charge in [0.25, 0.3) is 0 Å². The van der Waals surface area contributed by atoms with Crippen LogP contribution in [0.2, 0.25) is 0 Å². The van der Waals surface area contributed by atoms with Crippen LogP contribution in [0.4, 0.5) is 10.1 Å². The Morgan fingerprint density at radius 1 is 1.12 bits per heavy atom. The van der Waals surface area contributed by atoms with Crippen LogP contribution in [-0.4, -0.2) is 41.6 Å². The van der Waals surface area contributed by atoms with Gasteiger partial charge in [-0.2, -0.15) is 5.10 Å². The molecule has 0 fully saturated rings. The van der Waals surface area contributed by atoms with Gasteiger partial charge in [-0.25, -0.2) is 27.3 Å². The number of esters is 1. The Balaban J connectivity index is 1.86. The van der Waals surface area contributed by atoms with Gasteiger partial charge in [-0.15, -0.1) is 0 Å². The molecule has 33 heavy (non-hydrogen) atoms. The highest BCUT2D eigenvalue weighted by Crippen LogP contribution is 2.35. The van der Waals surface area contributed by atoms with Crippen molar-refractivity contribution in [1.29, 1.82) is 0 Å². The topological polar surface area (TPSA) is 103 Å². The first-order chi connectivity index (χ1) is 15.8. The third kappa shape index (κ3) is 4.42. The fraction of sp³-hybridized carbons (Fsp3) is 0.174. The van der Waals surface area contributed by atoms with E-state index in [1.54, 1.807) is 18.7 Å². The number of benzene rings is 2. The zero-order chi connectivity index (χ0) is 23.6. The lowest BCUT2D eigenvalue weighted by Gasteiger charge is -2.14. The van der Waals surface area contributed by atoms with Crippen molar-refractivity contribution in [1.82, 2.24) is 14.8 Å². The molecular formula is C23H21FN4O4S. The Hall–Kier alpha value is -3.79. The first-order valence-corrected chi connectivity index (χ1v) is 11.8. The predicted octanol–water partition coefficient (Wildman–Crippen LogP) is 3.79. The molecule has 8 nitrogen and oxygen atoms in total. The molecule has 0 aliphatic rings. The monoisotopic (exact) mass is 468 g/mol. The molecule has 0 spiro atoms. The molecule has 0 saturated heterocycles. The summed E-state index contributed by atoms with van der Waals surface area (Å²) in [6, 6.07) is 13.8. The van der Waals surface area contributed by atoms with Gasteiger partial charge < -0.3 is 10.1 Å². The number of anilines is 1.